The molecule has 0 spiro atoms. The largest absolute Gasteiger partial charge is 0.348 e. The molecule has 1 atom stereocenters. The summed E-state index contributed by atoms with van der Waals surface area (Å²) < 4.78 is 0. The summed E-state index contributed by atoms with van der Waals surface area (Å²) >= 11 is 0. The van der Waals surface area contributed by atoms with Crippen LogP contribution in [-0.4, -0.2) is 19.9 Å². The van der Waals surface area contributed by atoms with E-state index in [4.69, 9.17) is 0 Å². The topological polar surface area (TPSA) is 57.4 Å². The number of aryl methyl sites for hydroxylation is 1. The zero-order valence-corrected chi connectivity index (χ0v) is 10.9. The van der Waals surface area contributed by atoms with Crippen LogP contribution in [0.25, 0.3) is 0 Å². The summed E-state index contributed by atoms with van der Waals surface area (Å²) in [4.78, 5) is 15.2. The highest BCUT2D eigenvalue weighted by molar-refractivity contribution is 5.18. The number of H-pyrrole nitrogens is 2. The molecule has 0 bridgehead atoms. The van der Waals surface area contributed by atoms with Crippen molar-refractivity contribution in [2.75, 3.05) is 0 Å². The molecule has 0 amide bonds. The monoisotopic (exact) mass is 232 g/mol. The summed E-state index contributed by atoms with van der Waals surface area (Å²) in [7, 11) is 0. The molecule has 0 saturated carbocycles. The summed E-state index contributed by atoms with van der Waals surface area (Å²) in [6, 6.07) is 0. The van der Waals surface area contributed by atoms with E-state index >= 15 is 0 Å². The van der Waals surface area contributed by atoms with E-state index < -0.39 is 0 Å². The van der Waals surface area contributed by atoms with E-state index in [-0.39, 0.29) is 0 Å². The van der Waals surface area contributed by atoms with Crippen LogP contribution in [0.5, 0.6) is 0 Å². The third-order valence-electron chi connectivity index (χ3n) is 3.10. The molecule has 4 nitrogen and oxygen atoms in total. The molecule has 0 aliphatic rings. The minimum Gasteiger partial charge on any atom is -0.348 e. The summed E-state index contributed by atoms with van der Waals surface area (Å²) in [5, 5.41) is 0. The first-order chi connectivity index (χ1) is 8.08. The fraction of sp³-hybridized carbons (Fsp3) is 0.538. The molecule has 1 unspecified atom stereocenters. The molecule has 0 radical (unpaired) electrons. The SMILES string of the molecule is Cc1nc(CC(C)c2cnc[nH]2)[nH]c1C(C)C. The first-order valence-electron chi connectivity index (χ1n) is 6.11. The van der Waals surface area contributed by atoms with E-state index in [2.05, 4.69) is 47.6 Å². The van der Waals surface area contributed by atoms with Gasteiger partial charge in [0.1, 0.15) is 5.82 Å². The number of aromatic nitrogens is 4. The first-order valence-corrected chi connectivity index (χ1v) is 6.11. The Morgan fingerprint density at radius 3 is 2.59 bits per heavy atom. The normalized spacial score (nSPS) is 13.2. The number of hydrogen-bond donors (Lipinski definition) is 2. The fourth-order valence-corrected chi connectivity index (χ4v) is 2.13. The van der Waals surface area contributed by atoms with Gasteiger partial charge in [-0.3, -0.25) is 0 Å². The van der Waals surface area contributed by atoms with Gasteiger partial charge in [0.15, 0.2) is 0 Å². The molecule has 2 aromatic rings. The van der Waals surface area contributed by atoms with E-state index in [0.29, 0.717) is 11.8 Å². The lowest BCUT2D eigenvalue weighted by atomic mass is 10.0. The highest BCUT2D eigenvalue weighted by atomic mass is 14.9. The summed E-state index contributed by atoms with van der Waals surface area (Å²) in [5.41, 5.74) is 3.52. The summed E-state index contributed by atoms with van der Waals surface area (Å²) in [6.07, 6.45) is 4.51. The van der Waals surface area contributed by atoms with Gasteiger partial charge in [0.2, 0.25) is 0 Å². The lowest BCUT2D eigenvalue weighted by Crippen LogP contribution is -2.00. The quantitative estimate of drug-likeness (QED) is 0.851. The van der Waals surface area contributed by atoms with Crippen LogP contribution in [0, 0.1) is 6.92 Å². The van der Waals surface area contributed by atoms with Crippen molar-refractivity contribution in [2.45, 2.75) is 46.0 Å². The Kier molecular flexibility index (Phi) is 3.31. The predicted octanol–water partition coefficient (Wildman–Crippen LogP) is 2.91. The van der Waals surface area contributed by atoms with Crippen LogP contribution in [0.3, 0.4) is 0 Å². The van der Waals surface area contributed by atoms with Crippen molar-refractivity contribution in [1.82, 2.24) is 19.9 Å². The Balaban J connectivity index is 2.11. The Morgan fingerprint density at radius 2 is 2.06 bits per heavy atom. The second-order valence-electron chi connectivity index (χ2n) is 4.95. The van der Waals surface area contributed by atoms with Crippen molar-refractivity contribution in [3.05, 3.63) is 35.4 Å². The first kappa shape index (κ1) is 11.9. The lowest BCUT2D eigenvalue weighted by Gasteiger charge is -2.06. The Bertz CT molecular complexity index is 468. The van der Waals surface area contributed by atoms with Crippen LogP contribution in [0.15, 0.2) is 12.5 Å². The molecule has 2 N–H and O–H groups in total. The van der Waals surface area contributed by atoms with Gasteiger partial charge in [0.25, 0.3) is 0 Å². The van der Waals surface area contributed by atoms with Crippen molar-refractivity contribution in [2.24, 2.45) is 0 Å². The number of rotatable bonds is 4. The van der Waals surface area contributed by atoms with Crippen molar-refractivity contribution in [1.29, 1.82) is 0 Å². The van der Waals surface area contributed by atoms with Crippen LogP contribution in [-0.2, 0) is 6.42 Å². The molecule has 0 aliphatic carbocycles. The minimum atomic E-state index is 0.406. The van der Waals surface area contributed by atoms with Crippen LogP contribution < -0.4 is 0 Å². The van der Waals surface area contributed by atoms with Crippen LogP contribution in [0.1, 0.15) is 55.5 Å². The second-order valence-corrected chi connectivity index (χ2v) is 4.95. The molecular formula is C13H20N4. The number of nitrogens with one attached hydrogen (secondary N) is 2. The van der Waals surface area contributed by atoms with Crippen molar-refractivity contribution < 1.29 is 0 Å². The maximum absolute atomic E-state index is 4.59. The summed E-state index contributed by atoms with van der Waals surface area (Å²) in [5.74, 6) is 1.97. The van der Waals surface area contributed by atoms with Gasteiger partial charge in [-0.1, -0.05) is 20.8 Å². The Labute approximate surface area is 102 Å². The molecule has 4 heteroatoms. The van der Waals surface area contributed by atoms with Gasteiger partial charge >= 0.3 is 0 Å². The zero-order chi connectivity index (χ0) is 12.4. The van der Waals surface area contributed by atoms with E-state index in [9.17, 15) is 0 Å². The number of nitrogens with zero attached hydrogens (tertiary/aromatic N) is 2. The van der Waals surface area contributed by atoms with Gasteiger partial charge in [-0.2, -0.15) is 0 Å². The highest BCUT2D eigenvalue weighted by Gasteiger charge is 2.13. The van der Waals surface area contributed by atoms with Crippen molar-refractivity contribution >= 4 is 0 Å². The van der Waals surface area contributed by atoms with E-state index in [1.54, 1.807) is 6.33 Å². The maximum atomic E-state index is 4.59. The van der Waals surface area contributed by atoms with Crippen molar-refractivity contribution in [3.63, 3.8) is 0 Å². The molecule has 0 aromatic carbocycles. The molecule has 2 heterocycles. The van der Waals surface area contributed by atoms with Gasteiger partial charge < -0.3 is 9.97 Å². The Morgan fingerprint density at radius 1 is 1.29 bits per heavy atom. The third kappa shape index (κ3) is 2.57. The smallest absolute Gasteiger partial charge is 0.107 e. The molecule has 0 fully saturated rings. The van der Waals surface area contributed by atoms with Gasteiger partial charge in [0, 0.05) is 29.9 Å². The molecule has 0 saturated heterocycles. The molecule has 2 rings (SSSR count). The molecule has 2 aromatic heterocycles. The molecule has 0 aliphatic heterocycles. The second kappa shape index (κ2) is 4.73. The van der Waals surface area contributed by atoms with Crippen LogP contribution >= 0.6 is 0 Å². The molecular weight excluding hydrogens is 212 g/mol. The van der Waals surface area contributed by atoms with E-state index in [0.717, 1.165) is 23.6 Å². The average molecular weight is 232 g/mol. The fourth-order valence-electron chi connectivity index (χ4n) is 2.13. The van der Waals surface area contributed by atoms with Crippen LogP contribution in [0.4, 0.5) is 0 Å². The van der Waals surface area contributed by atoms with E-state index in [1.807, 2.05) is 6.20 Å². The van der Waals surface area contributed by atoms with Crippen LogP contribution in [0.2, 0.25) is 0 Å². The van der Waals surface area contributed by atoms with Gasteiger partial charge in [-0.15, -0.1) is 0 Å². The van der Waals surface area contributed by atoms with E-state index in [1.165, 1.54) is 5.69 Å². The van der Waals surface area contributed by atoms with Gasteiger partial charge in [-0.25, -0.2) is 9.97 Å². The number of imidazole rings is 2. The summed E-state index contributed by atoms with van der Waals surface area (Å²) in [6.45, 7) is 8.61. The van der Waals surface area contributed by atoms with Gasteiger partial charge in [0.05, 0.1) is 12.0 Å². The van der Waals surface area contributed by atoms with Gasteiger partial charge in [-0.05, 0) is 12.8 Å². The maximum Gasteiger partial charge on any atom is 0.107 e. The van der Waals surface area contributed by atoms with Crippen molar-refractivity contribution in [3.8, 4) is 0 Å². The zero-order valence-electron chi connectivity index (χ0n) is 10.9. The minimum absolute atomic E-state index is 0.406. The highest BCUT2D eigenvalue weighted by Crippen LogP contribution is 2.20. The lowest BCUT2D eigenvalue weighted by molar-refractivity contribution is 0.703. The molecule has 92 valence electrons. The molecule has 17 heavy (non-hydrogen) atoms. The standard InChI is InChI=1S/C13H20N4/c1-8(2)13-10(4)16-12(17-13)5-9(3)11-6-14-7-15-11/h6-9H,5H2,1-4H3,(H,14,15)(H,16,17). The predicted molar refractivity (Wildman–Crippen MR) is 68.1 cm³/mol. The Hall–Kier alpha value is -1.58. The number of hydrogen-bond acceptors (Lipinski definition) is 2. The average Bonchev–Trinajstić information content (AvgIpc) is 2.86. The number of aromatic amines is 2. The third-order valence-corrected chi connectivity index (χ3v) is 3.10.